The van der Waals surface area contributed by atoms with Crippen LogP contribution in [-0.4, -0.2) is 14.1 Å². The number of nitrogens with one attached hydrogen (secondary N) is 1. The predicted octanol–water partition coefficient (Wildman–Crippen LogP) is 8.75. The van der Waals surface area contributed by atoms with Crippen molar-refractivity contribution in [3.63, 3.8) is 0 Å². The highest BCUT2D eigenvalue weighted by molar-refractivity contribution is 7.89. The van der Waals surface area contributed by atoms with E-state index in [9.17, 15) is 8.42 Å². The number of nitrogens with zero attached hydrogens (tertiary/aromatic N) is 1. The van der Waals surface area contributed by atoms with Gasteiger partial charge in [0.2, 0.25) is 0 Å². The normalized spacial score (nSPS) is 38.2. The number of fused-ring (bicyclic) bond motifs is 5. The van der Waals surface area contributed by atoms with Gasteiger partial charge in [-0.05, 0) is 129 Å². The fraction of sp³-hybridized carbons (Fsp3) is 0.794. The minimum atomic E-state index is -3.62. The molecule has 218 valence electrons. The maximum absolute atomic E-state index is 12.8. The van der Waals surface area contributed by atoms with Gasteiger partial charge in [-0.25, -0.2) is 4.83 Å². The first-order chi connectivity index (χ1) is 18.4. The molecule has 4 aliphatic carbocycles. The number of hydrogen-bond donors (Lipinski definition) is 1. The first-order valence-corrected chi connectivity index (χ1v) is 17.6. The fourth-order valence-electron chi connectivity index (χ4n) is 10.1. The summed E-state index contributed by atoms with van der Waals surface area (Å²) in [7, 11) is -3.62. The average molecular weight is 555 g/mol. The lowest BCUT2D eigenvalue weighted by Crippen LogP contribution is -2.53. The first kappa shape index (κ1) is 29.1. The summed E-state index contributed by atoms with van der Waals surface area (Å²) in [6, 6.07) is 6.99. The summed E-state index contributed by atoms with van der Waals surface area (Å²) < 4.78 is 25.6. The van der Waals surface area contributed by atoms with Gasteiger partial charge in [0.15, 0.2) is 0 Å². The van der Waals surface area contributed by atoms with Crippen LogP contribution in [0.5, 0.6) is 0 Å². The zero-order valence-electron chi connectivity index (χ0n) is 25.5. The maximum Gasteiger partial charge on any atom is 0.276 e. The van der Waals surface area contributed by atoms with Crippen molar-refractivity contribution < 1.29 is 8.42 Å². The molecular weight excluding hydrogens is 500 g/mol. The van der Waals surface area contributed by atoms with Crippen LogP contribution in [0.2, 0.25) is 0 Å². The topological polar surface area (TPSA) is 58.5 Å². The van der Waals surface area contributed by atoms with Crippen molar-refractivity contribution in [3.8, 4) is 0 Å². The Bertz CT molecular complexity index is 1140. The van der Waals surface area contributed by atoms with Crippen molar-refractivity contribution in [3.05, 3.63) is 29.8 Å². The molecule has 0 saturated heterocycles. The second-order valence-electron chi connectivity index (χ2n) is 15.0. The average Bonchev–Trinajstić information content (AvgIpc) is 3.25. The van der Waals surface area contributed by atoms with Gasteiger partial charge in [-0.1, -0.05) is 71.6 Å². The molecule has 8 atom stereocenters. The number of hydrogen-bond acceptors (Lipinski definition) is 3. The SMILES string of the molecule is Cc1ccc(S(=O)(=O)N/N=C2/CC[C@@]3(C)[C@H](CC[C@H]4[C@@H]5CC[C@@H]([C@@H](C)CCCC(C)C)[C@@]5(C)CC[C@@H]43)C2)cc1. The molecule has 0 heterocycles. The molecule has 4 saturated carbocycles. The Hall–Kier alpha value is -1.36. The summed E-state index contributed by atoms with van der Waals surface area (Å²) in [6.07, 6.45) is 15.6. The van der Waals surface area contributed by atoms with Crippen molar-refractivity contribution in [2.75, 3.05) is 0 Å². The molecule has 1 N–H and O–H groups in total. The maximum atomic E-state index is 12.8. The lowest BCUT2D eigenvalue weighted by molar-refractivity contribution is -0.105. The van der Waals surface area contributed by atoms with Crippen LogP contribution in [0.4, 0.5) is 0 Å². The van der Waals surface area contributed by atoms with Gasteiger partial charge in [-0.2, -0.15) is 13.5 Å². The molecule has 0 unspecified atom stereocenters. The van der Waals surface area contributed by atoms with E-state index < -0.39 is 10.0 Å². The summed E-state index contributed by atoms with van der Waals surface area (Å²) in [4.78, 5) is 2.85. The Labute approximate surface area is 239 Å². The highest BCUT2D eigenvalue weighted by atomic mass is 32.2. The van der Waals surface area contributed by atoms with Crippen molar-refractivity contribution in [1.29, 1.82) is 0 Å². The summed E-state index contributed by atoms with van der Waals surface area (Å²) in [5.74, 6) is 5.85. The van der Waals surface area contributed by atoms with E-state index >= 15 is 0 Å². The minimum Gasteiger partial charge on any atom is -0.200 e. The predicted molar refractivity (Wildman–Crippen MR) is 162 cm³/mol. The van der Waals surface area contributed by atoms with E-state index in [4.69, 9.17) is 0 Å². The third-order valence-electron chi connectivity index (χ3n) is 12.4. The standard InChI is InChI=1S/C34H54N2O2S/c1-23(2)8-7-9-25(4)30-16-17-31-29-15-12-26-22-27(18-20-33(26,5)32(29)19-21-34(30,31)6)35-36-39(37,38)28-13-10-24(3)11-14-28/h10-11,13-14,23,25-26,29-32,36H,7-9,12,15-22H2,1-6H3/b35-27-/t25-,26+,29-,30-,31-,32-,33-,34+/m0/s1. The van der Waals surface area contributed by atoms with Crippen LogP contribution >= 0.6 is 0 Å². The molecule has 4 nitrogen and oxygen atoms in total. The van der Waals surface area contributed by atoms with Crippen LogP contribution in [0.25, 0.3) is 0 Å². The molecule has 0 radical (unpaired) electrons. The van der Waals surface area contributed by atoms with E-state index in [0.29, 0.717) is 16.7 Å². The molecule has 0 aromatic heterocycles. The second kappa shape index (κ2) is 11.1. The van der Waals surface area contributed by atoms with Crippen LogP contribution in [0, 0.1) is 59.2 Å². The quantitative estimate of drug-likeness (QED) is 0.327. The van der Waals surface area contributed by atoms with E-state index in [1.165, 1.54) is 57.8 Å². The molecule has 5 heteroatoms. The third kappa shape index (κ3) is 5.60. The van der Waals surface area contributed by atoms with Gasteiger partial charge in [-0.3, -0.25) is 0 Å². The Morgan fingerprint density at radius 2 is 1.64 bits per heavy atom. The van der Waals surface area contributed by atoms with Crippen molar-refractivity contribution >= 4 is 15.7 Å². The van der Waals surface area contributed by atoms with Gasteiger partial charge < -0.3 is 0 Å². The summed E-state index contributed by atoms with van der Waals surface area (Å²) in [6.45, 7) is 14.5. The van der Waals surface area contributed by atoms with Crippen molar-refractivity contribution in [2.24, 2.45) is 57.4 Å². The second-order valence-corrected chi connectivity index (χ2v) is 16.6. The highest BCUT2D eigenvalue weighted by Gasteiger charge is 2.60. The van der Waals surface area contributed by atoms with Crippen molar-refractivity contribution in [2.45, 2.75) is 123 Å². The van der Waals surface area contributed by atoms with Crippen LogP contribution in [0.3, 0.4) is 0 Å². The minimum absolute atomic E-state index is 0.285. The van der Waals surface area contributed by atoms with E-state index in [0.717, 1.165) is 66.0 Å². The Kier molecular flexibility index (Phi) is 8.32. The van der Waals surface area contributed by atoms with E-state index in [-0.39, 0.29) is 4.90 Å². The Morgan fingerprint density at radius 3 is 2.36 bits per heavy atom. The zero-order chi connectivity index (χ0) is 28.0. The summed E-state index contributed by atoms with van der Waals surface area (Å²) in [5, 5.41) is 4.49. The monoisotopic (exact) mass is 554 g/mol. The third-order valence-corrected chi connectivity index (χ3v) is 13.6. The largest absolute Gasteiger partial charge is 0.276 e. The molecule has 0 amide bonds. The van der Waals surface area contributed by atoms with Gasteiger partial charge in [0.1, 0.15) is 0 Å². The molecule has 39 heavy (non-hydrogen) atoms. The smallest absolute Gasteiger partial charge is 0.200 e. The van der Waals surface area contributed by atoms with Gasteiger partial charge in [0.25, 0.3) is 10.0 Å². The van der Waals surface area contributed by atoms with E-state index in [1.807, 2.05) is 19.1 Å². The number of rotatable bonds is 8. The van der Waals surface area contributed by atoms with Gasteiger partial charge >= 0.3 is 0 Å². The molecule has 0 aliphatic heterocycles. The molecule has 4 aliphatic rings. The molecule has 4 fully saturated rings. The molecule has 5 rings (SSSR count). The molecule has 0 spiro atoms. The molecule has 1 aromatic carbocycles. The lowest BCUT2D eigenvalue weighted by Gasteiger charge is -2.61. The van der Waals surface area contributed by atoms with E-state index in [1.54, 1.807) is 12.1 Å². The van der Waals surface area contributed by atoms with Crippen molar-refractivity contribution in [1.82, 2.24) is 4.83 Å². The molecular formula is C34H54N2O2S. The number of sulfonamides is 1. The van der Waals surface area contributed by atoms with Gasteiger partial charge in [0.05, 0.1) is 4.90 Å². The lowest BCUT2D eigenvalue weighted by atomic mass is 9.44. The summed E-state index contributed by atoms with van der Waals surface area (Å²) in [5.41, 5.74) is 3.01. The number of hydrazone groups is 1. The molecule has 1 aromatic rings. The van der Waals surface area contributed by atoms with Crippen LogP contribution in [-0.2, 0) is 10.0 Å². The van der Waals surface area contributed by atoms with E-state index in [2.05, 4.69) is 44.6 Å². The van der Waals surface area contributed by atoms with Crippen LogP contribution in [0.1, 0.15) is 117 Å². The Morgan fingerprint density at radius 1 is 0.923 bits per heavy atom. The zero-order valence-corrected chi connectivity index (χ0v) is 26.3. The summed E-state index contributed by atoms with van der Waals surface area (Å²) >= 11 is 0. The number of aryl methyl sites for hydroxylation is 1. The van der Waals surface area contributed by atoms with Crippen LogP contribution < -0.4 is 4.83 Å². The van der Waals surface area contributed by atoms with Crippen LogP contribution in [0.15, 0.2) is 34.3 Å². The Balaban J connectivity index is 1.23. The highest BCUT2D eigenvalue weighted by Crippen LogP contribution is 2.68. The van der Waals surface area contributed by atoms with Gasteiger partial charge in [0, 0.05) is 5.71 Å². The number of benzene rings is 1. The fourth-order valence-corrected chi connectivity index (χ4v) is 10.9. The van der Waals surface area contributed by atoms with Gasteiger partial charge in [-0.15, -0.1) is 0 Å². The first-order valence-electron chi connectivity index (χ1n) is 16.1. The molecule has 0 bridgehead atoms.